The highest BCUT2D eigenvalue weighted by molar-refractivity contribution is 6.00. The molecule has 0 aliphatic heterocycles. The number of halogens is 5. The third-order valence-electron chi connectivity index (χ3n) is 6.68. The minimum atomic E-state index is -4.74. The molecule has 0 fully saturated rings. The van der Waals surface area contributed by atoms with Gasteiger partial charge in [-0.05, 0) is 79.2 Å². The number of hydrogen-bond donors (Lipinski definition) is 5. The molecule has 0 spiro atoms. The van der Waals surface area contributed by atoms with E-state index >= 15 is 4.39 Å². The largest absolute Gasteiger partial charge is 0.416 e. The summed E-state index contributed by atoms with van der Waals surface area (Å²) in [6.45, 7) is 11.0. The molecule has 0 unspecified atom stereocenters. The van der Waals surface area contributed by atoms with Crippen molar-refractivity contribution in [2.24, 2.45) is 0 Å². The molecule has 51 heavy (non-hydrogen) atoms. The molecule has 1 heterocycles. The summed E-state index contributed by atoms with van der Waals surface area (Å²) >= 11 is 0. The Morgan fingerprint density at radius 2 is 1.51 bits per heavy atom. The Labute approximate surface area is 292 Å². The molecule has 0 bridgehead atoms. The molecule has 0 aliphatic rings. The van der Waals surface area contributed by atoms with Gasteiger partial charge in [0.1, 0.15) is 24.2 Å². The SMILES string of the molecule is C=N.C=O.CC.Cc1cccc(Nc2ncc(-c3ccc(NC(=O)Nc4cc(C(F)(F)F)ccc4F)c(F)c3)c(NCCc3ccccc3)n2)c1. The molecule has 1 aromatic heterocycles. The van der Waals surface area contributed by atoms with Crippen molar-refractivity contribution in [2.75, 3.05) is 27.8 Å². The Balaban J connectivity index is 0.00000143. The number of nitrogens with one attached hydrogen (secondary N) is 5. The number of nitrogens with zero attached hydrogens (tertiary/aromatic N) is 2. The zero-order valence-electron chi connectivity index (χ0n) is 28.2. The van der Waals surface area contributed by atoms with Crippen LogP contribution in [0.15, 0.2) is 97.2 Å². The van der Waals surface area contributed by atoms with Gasteiger partial charge in [0.2, 0.25) is 5.95 Å². The molecular weight excluding hydrogens is 669 g/mol. The fourth-order valence-corrected chi connectivity index (χ4v) is 4.47. The predicted octanol–water partition coefficient (Wildman–Crippen LogP) is 9.90. The third kappa shape index (κ3) is 12.3. The monoisotopic (exact) mass is 707 g/mol. The molecule has 5 rings (SSSR count). The molecule has 268 valence electrons. The lowest BCUT2D eigenvalue weighted by atomic mass is 10.1. The highest BCUT2D eigenvalue weighted by atomic mass is 19.4. The summed E-state index contributed by atoms with van der Waals surface area (Å²) in [4.78, 5) is 29.5. The molecule has 0 atom stereocenters. The summed E-state index contributed by atoms with van der Waals surface area (Å²) in [7, 11) is 0. The van der Waals surface area contributed by atoms with Gasteiger partial charge in [-0.25, -0.2) is 18.6 Å². The summed E-state index contributed by atoms with van der Waals surface area (Å²) in [6, 6.07) is 22.0. The van der Waals surface area contributed by atoms with Crippen molar-refractivity contribution >= 4 is 48.4 Å². The lowest BCUT2D eigenvalue weighted by Crippen LogP contribution is -2.21. The van der Waals surface area contributed by atoms with Gasteiger partial charge < -0.3 is 31.5 Å². The van der Waals surface area contributed by atoms with Gasteiger partial charge in [0, 0.05) is 24.0 Å². The van der Waals surface area contributed by atoms with Crippen molar-refractivity contribution < 1.29 is 31.5 Å². The molecule has 5 N–H and O–H groups in total. The number of aromatic nitrogens is 2. The summed E-state index contributed by atoms with van der Waals surface area (Å²) in [5.41, 5.74) is 1.71. The topological polar surface area (TPSA) is 132 Å². The van der Waals surface area contributed by atoms with Gasteiger partial charge in [-0.3, -0.25) is 0 Å². The van der Waals surface area contributed by atoms with Gasteiger partial charge in [0.25, 0.3) is 0 Å². The highest BCUT2D eigenvalue weighted by Gasteiger charge is 2.31. The van der Waals surface area contributed by atoms with E-state index in [9.17, 15) is 22.4 Å². The number of carbonyl (C=O) groups excluding carboxylic acids is 2. The maximum absolute atomic E-state index is 15.2. The van der Waals surface area contributed by atoms with Crippen molar-refractivity contribution in [3.63, 3.8) is 0 Å². The Morgan fingerprint density at radius 1 is 0.824 bits per heavy atom. The van der Waals surface area contributed by atoms with E-state index in [1.54, 1.807) is 6.20 Å². The van der Waals surface area contributed by atoms with Crippen molar-refractivity contribution in [3.05, 3.63) is 126 Å². The Bertz CT molecular complexity index is 1860. The van der Waals surface area contributed by atoms with Crippen LogP contribution < -0.4 is 21.3 Å². The van der Waals surface area contributed by atoms with Crippen molar-refractivity contribution in [1.29, 1.82) is 5.41 Å². The minimum Gasteiger partial charge on any atom is -0.369 e. The summed E-state index contributed by atoms with van der Waals surface area (Å²) in [6.07, 6.45) is -2.50. The first-order valence-corrected chi connectivity index (χ1v) is 15.4. The van der Waals surface area contributed by atoms with Crippen LogP contribution in [0.2, 0.25) is 0 Å². The number of alkyl halides is 3. The van der Waals surface area contributed by atoms with E-state index in [-0.39, 0.29) is 5.69 Å². The number of amides is 2. The van der Waals surface area contributed by atoms with Crippen LogP contribution in [0.3, 0.4) is 0 Å². The van der Waals surface area contributed by atoms with Crippen LogP contribution in [-0.4, -0.2) is 36.1 Å². The molecule has 5 aromatic rings. The normalized spacial score (nSPS) is 10.1. The maximum atomic E-state index is 15.2. The molecule has 2 amide bonds. The molecule has 9 nitrogen and oxygen atoms in total. The van der Waals surface area contributed by atoms with Crippen molar-refractivity contribution in [2.45, 2.75) is 33.4 Å². The van der Waals surface area contributed by atoms with Crippen LogP contribution in [0.1, 0.15) is 30.5 Å². The Morgan fingerprint density at radius 3 is 2.16 bits per heavy atom. The number of aryl methyl sites for hydroxylation is 1. The van der Waals surface area contributed by atoms with Crippen LogP contribution in [0.4, 0.5) is 55.6 Å². The Hall–Kier alpha value is -6.18. The molecule has 0 saturated heterocycles. The van der Waals surface area contributed by atoms with Gasteiger partial charge in [0.05, 0.1) is 16.9 Å². The van der Waals surface area contributed by atoms with Crippen LogP contribution >= 0.6 is 0 Å². The highest BCUT2D eigenvalue weighted by Crippen LogP contribution is 2.33. The second-order valence-corrected chi connectivity index (χ2v) is 10.1. The van der Waals surface area contributed by atoms with E-state index in [1.807, 2.05) is 87.5 Å². The number of benzene rings is 4. The number of urea groups is 1. The predicted molar refractivity (Wildman–Crippen MR) is 193 cm³/mol. The number of anilines is 5. The molecule has 14 heteroatoms. The first-order valence-electron chi connectivity index (χ1n) is 15.4. The summed E-state index contributed by atoms with van der Waals surface area (Å²) in [5, 5.41) is 16.2. The summed E-state index contributed by atoms with van der Waals surface area (Å²) < 4.78 is 68.3. The van der Waals surface area contributed by atoms with Crippen molar-refractivity contribution in [3.8, 4) is 11.1 Å². The number of carbonyl (C=O) groups is 2. The third-order valence-corrected chi connectivity index (χ3v) is 6.68. The second kappa shape index (κ2) is 20.4. The molecular formula is C37H38F5N7O2. The molecule has 0 saturated carbocycles. The van der Waals surface area contributed by atoms with E-state index in [1.165, 1.54) is 12.1 Å². The van der Waals surface area contributed by atoms with Gasteiger partial charge in [-0.15, -0.1) is 0 Å². The first kappa shape index (κ1) is 41.0. The summed E-state index contributed by atoms with van der Waals surface area (Å²) in [5.74, 6) is -1.16. The standard InChI is InChI=1S/C33H27F5N6O.C2H6.CH3N.CH2O/c1-20-6-5-9-24(16-20)41-31-40-19-25(30(44-31)39-15-14-21-7-3-2-4-8-21)22-10-13-28(27(35)17-22)42-32(45)43-29-18-23(33(36,37)38)11-12-26(29)34;3*1-2/h2-13,16-19H,14-15H2,1H3,(H2,42,43,45)(H2,39,40,41,44);1-2H3;2H,1H2;1H2. The fraction of sp³-hybridized carbons (Fsp3) is 0.162. The van der Waals surface area contributed by atoms with Crippen LogP contribution in [-0.2, 0) is 17.4 Å². The zero-order chi connectivity index (χ0) is 38.0. The van der Waals surface area contributed by atoms with Crippen LogP contribution in [0, 0.1) is 24.0 Å². The zero-order valence-corrected chi connectivity index (χ0v) is 28.2. The second-order valence-electron chi connectivity index (χ2n) is 10.1. The van der Waals surface area contributed by atoms with Crippen LogP contribution in [0.25, 0.3) is 11.1 Å². The molecule has 0 aliphatic carbocycles. The van der Waals surface area contributed by atoms with Crippen LogP contribution in [0.5, 0.6) is 0 Å². The first-order chi connectivity index (χ1) is 24.5. The maximum Gasteiger partial charge on any atom is 0.416 e. The van der Waals surface area contributed by atoms with E-state index in [0.717, 1.165) is 22.9 Å². The van der Waals surface area contributed by atoms with E-state index in [4.69, 9.17) is 10.2 Å². The van der Waals surface area contributed by atoms with Crippen molar-refractivity contribution in [1.82, 2.24) is 9.97 Å². The molecule has 4 aromatic carbocycles. The minimum absolute atomic E-state index is 0.277. The van der Waals surface area contributed by atoms with Gasteiger partial charge in [0.15, 0.2) is 0 Å². The number of rotatable bonds is 9. The average Bonchev–Trinajstić information content (AvgIpc) is 3.13. The smallest absolute Gasteiger partial charge is 0.369 e. The fourth-order valence-electron chi connectivity index (χ4n) is 4.47. The van der Waals surface area contributed by atoms with E-state index in [2.05, 4.69) is 32.6 Å². The lowest BCUT2D eigenvalue weighted by molar-refractivity contribution is -0.137. The lowest BCUT2D eigenvalue weighted by Gasteiger charge is -2.15. The van der Waals surface area contributed by atoms with Gasteiger partial charge in [-0.2, -0.15) is 18.2 Å². The average molecular weight is 708 g/mol. The quantitative estimate of drug-likeness (QED) is 0.0766. The van der Waals surface area contributed by atoms with Gasteiger partial charge in [-0.1, -0.05) is 62.4 Å². The molecule has 0 radical (unpaired) electrons. The van der Waals surface area contributed by atoms with E-state index < -0.39 is 35.1 Å². The van der Waals surface area contributed by atoms with Gasteiger partial charge >= 0.3 is 12.2 Å². The Kier molecular flexibility index (Phi) is 16.4. The van der Waals surface area contributed by atoms with E-state index in [0.29, 0.717) is 54.1 Å². The number of hydrogen-bond acceptors (Lipinski definition) is 7.